The first-order valence-corrected chi connectivity index (χ1v) is 7.40. The number of benzene rings is 1. The van der Waals surface area contributed by atoms with Crippen LogP contribution >= 0.6 is 15.9 Å². The minimum Gasteiger partial charge on any atom is -0.339 e. The zero-order valence-corrected chi connectivity index (χ0v) is 12.2. The molecule has 100 valence electrons. The fourth-order valence-electron chi connectivity index (χ4n) is 2.40. The fraction of sp³-hybridized carbons (Fsp3) is 0.429. The highest BCUT2D eigenvalue weighted by Gasteiger charge is 2.17. The van der Waals surface area contributed by atoms with Gasteiger partial charge in [-0.25, -0.2) is 0 Å². The second kappa shape index (κ2) is 5.84. The third-order valence-corrected chi connectivity index (χ3v) is 3.96. The van der Waals surface area contributed by atoms with E-state index in [1.807, 2.05) is 24.3 Å². The van der Waals surface area contributed by atoms with E-state index in [4.69, 9.17) is 4.52 Å². The lowest BCUT2D eigenvalue weighted by atomic mass is 9.96. The van der Waals surface area contributed by atoms with Gasteiger partial charge in [-0.05, 0) is 56.1 Å². The normalized spacial score (nSPS) is 19.5. The lowest BCUT2D eigenvalue weighted by Crippen LogP contribution is -2.30. The van der Waals surface area contributed by atoms with Crippen LogP contribution in [0.3, 0.4) is 0 Å². The van der Waals surface area contributed by atoms with Gasteiger partial charge >= 0.3 is 0 Å². The molecule has 3 rings (SSSR count). The van der Waals surface area contributed by atoms with Crippen LogP contribution in [-0.4, -0.2) is 23.2 Å². The molecule has 0 aliphatic carbocycles. The van der Waals surface area contributed by atoms with Crippen molar-refractivity contribution in [1.29, 1.82) is 0 Å². The first-order chi connectivity index (χ1) is 9.31. The molecule has 1 atom stereocenters. The standard InChI is InChI=1S/C14H16BrN3O/c15-12-5-3-11(4-6-12)14-17-13(19-18-14)8-10-2-1-7-16-9-10/h3-6,10,16H,1-2,7-9H2. The third-order valence-electron chi connectivity index (χ3n) is 3.43. The van der Waals surface area contributed by atoms with Crippen LogP contribution in [0.2, 0.25) is 0 Å². The van der Waals surface area contributed by atoms with E-state index in [1.54, 1.807) is 0 Å². The average molecular weight is 322 g/mol. The molecular weight excluding hydrogens is 306 g/mol. The van der Waals surface area contributed by atoms with Gasteiger partial charge < -0.3 is 9.84 Å². The maximum Gasteiger partial charge on any atom is 0.227 e. The molecule has 1 aromatic carbocycles. The molecule has 2 aromatic rings. The molecule has 1 unspecified atom stereocenters. The molecule has 19 heavy (non-hydrogen) atoms. The van der Waals surface area contributed by atoms with Crippen LogP contribution in [0.25, 0.3) is 11.4 Å². The Labute approximate surface area is 120 Å². The molecule has 0 bridgehead atoms. The zero-order chi connectivity index (χ0) is 13.1. The summed E-state index contributed by atoms with van der Waals surface area (Å²) < 4.78 is 6.40. The largest absolute Gasteiger partial charge is 0.339 e. The first kappa shape index (κ1) is 12.8. The Morgan fingerprint density at radius 1 is 1.32 bits per heavy atom. The predicted molar refractivity (Wildman–Crippen MR) is 76.7 cm³/mol. The Morgan fingerprint density at radius 3 is 2.89 bits per heavy atom. The Morgan fingerprint density at radius 2 is 2.16 bits per heavy atom. The second-order valence-corrected chi connectivity index (χ2v) is 5.85. The number of aromatic nitrogens is 2. The van der Waals surface area contributed by atoms with Gasteiger partial charge in [0.15, 0.2) is 0 Å². The van der Waals surface area contributed by atoms with E-state index in [0.29, 0.717) is 11.7 Å². The second-order valence-electron chi connectivity index (χ2n) is 4.94. The predicted octanol–water partition coefficient (Wildman–Crippen LogP) is 3.04. The first-order valence-electron chi connectivity index (χ1n) is 6.60. The minimum atomic E-state index is 0.618. The molecular formula is C14H16BrN3O. The molecule has 0 spiro atoms. The maximum atomic E-state index is 5.35. The van der Waals surface area contributed by atoms with Crippen LogP contribution in [0.15, 0.2) is 33.3 Å². The number of piperidine rings is 1. The quantitative estimate of drug-likeness (QED) is 0.944. The summed E-state index contributed by atoms with van der Waals surface area (Å²) in [6, 6.07) is 7.94. The van der Waals surface area contributed by atoms with Gasteiger partial charge in [0.05, 0.1) is 0 Å². The molecule has 1 fully saturated rings. The molecule has 0 amide bonds. The highest BCUT2D eigenvalue weighted by molar-refractivity contribution is 9.10. The van der Waals surface area contributed by atoms with Crippen LogP contribution in [0.5, 0.6) is 0 Å². The molecule has 5 heteroatoms. The van der Waals surface area contributed by atoms with Gasteiger partial charge in [0.2, 0.25) is 11.7 Å². The van der Waals surface area contributed by atoms with Crippen molar-refractivity contribution in [1.82, 2.24) is 15.5 Å². The van der Waals surface area contributed by atoms with E-state index in [2.05, 4.69) is 31.4 Å². The van der Waals surface area contributed by atoms with Crippen LogP contribution in [0.4, 0.5) is 0 Å². The summed E-state index contributed by atoms with van der Waals surface area (Å²) in [7, 11) is 0. The Balaban J connectivity index is 1.70. The van der Waals surface area contributed by atoms with Gasteiger partial charge in [-0.1, -0.05) is 21.1 Å². The Kier molecular flexibility index (Phi) is 3.94. The SMILES string of the molecule is Brc1ccc(-c2noc(CC3CCCNC3)n2)cc1. The highest BCUT2D eigenvalue weighted by atomic mass is 79.9. The Bertz CT molecular complexity index is 532. The number of hydrogen-bond acceptors (Lipinski definition) is 4. The Hall–Kier alpha value is -1.20. The van der Waals surface area contributed by atoms with Crippen LogP contribution in [0.1, 0.15) is 18.7 Å². The topological polar surface area (TPSA) is 51.0 Å². The summed E-state index contributed by atoms with van der Waals surface area (Å²) in [5.74, 6) is 2.03. The van der Waals surface area contributed by atoms with Crippen molar-refractivity contribution in [3.8, 4) is 11.4 Å². The van der Waals surface area contributed by atoms with E-state index >= 15 is 0 Å². The summed E-state index contributed by atoms with van der Waals surface area (Å²) in [5, 5.41) is 7.46. The molecule has 0 radical (unpaired) electrons. The molecule has 2 heterocycles. The van der Waals surface area contributed by atoms with Crippen molar-refractivity contribution in [2.24, 2.45) is 5.92 Å². The van der Waals surface area contributed by atoms with Crippen LogP contribution < -0.4 is 5.32 Å². The number of rotatable bonds is 3. The molecule has 1 saturated heterocycles. The molecule has 1 aliphatic rings. The van der Waals surface area contributed by atoms with E-state index in [0.717, 1.165) is 35.4 Å². The van der Waals surface area contributed by atoms with Gasteiger partial charge in [-0.3, -0.25) is 0 Å². The van der Waals surface area contributed by atoms with Crippen molar-refractivity contribution < 1.29 is 4.52 Å². The summed E-state index contributed by atoms with van der Waals surface area (Å²) in [6.07, 6.45) is 3.35. The van der Waals surface area contributed by atoms with Crippen molar-refractivity contribution in [2.75, 3.05) is 13.1 Å². The van der Waals surface area contributed by atoms with Gasteiger partial charge in [-0.2, -0.15) is 4.98 Å². The molecule has 4 nitrogen and oxygen atoms in total. The number of hydrogen-bond donors (Lipinski definition) is 1. The fourth-order valence-corrected chi connectivity index (χ4v) is 2.66. The summed E-state index contributed by atoms with van der Waals surface area (Å²) in [5.41, 5.74) is 0.986. The number of halogens is 1. The van der Waals surface area contributed by atoms with Gasteiger partial charge in [-0.15, -0.1) is 0 Å². The zero-order valence-electron chi connectivity index (χ0n) is 10.6. The van der Waals surface area contributed by atoms with E-state index in [9.17, 15) is 0 Å². The number of nitrogens with zero attached hydrogens (tertiary/aromatic N) is 2. The molecule has 1 aromatic heterocycles. The maximum absolute atomic E-state index is 5.35. The van der Waals surface area contributed by atoms with Crippen LogP contribution in [0, 0.1) is 5.92 Å². The smallest absolute Gasteiger partial charge is 0.227 e. The molecule has 1 aliphatic heterocycles. The van der Waals surface area contributed by atoms with E-state index in [1.165, 1.54) is 12.8 Å². The third kappa shape index (κ3) is 3.22. The van der Waals surface area contributed by atoms with E-state index in [-0.39, 0.29) is 0 Å². The van der Waals surface area contributed by atoms with Crippen molar-refractivity contribution in [3.63, 3.8) is 0 Å². The lowest BCUT2D eigenvalue weighted by molar-refractivity contribution is 0.316. The average Bonchev–Trinajstić information content (AvgIpc) is 2.89. The monoisotopic (exact) mass is 321 g/mol. The lowest BCUT2D eigenvalue weighted by Gasteiger charge is -2.20. The highest BCUT2D eigenvalue weighted by Crippen LogP contribution is 2.21. The molecule has 0 saturated carbocycles. The summed E-state index contributed by atoms with van der Waals surface area (Å²) in [4.78, 5) is 4.48. The number of nitrogens with one attached hydrogen (secondary N) is 1. The summed E-state index contributed by atoms with van der Waals surface area (Å²) in [6.45, 7) is 2.18. The van der Waals surface area contributed by atoms with Crippen molar-refractivity contribution in [2.45, 2.75) is 19.3 Å². The van der Waals surface area contributed by atoms with Crippen LogP contribution in [-0.2, 0) is 6.42 Å². The van der Waals surface area contributed by atoms with E-state index < -0.39 is 0 Å². The molecule has 1 N–H and O–H groups in total. The van der Waals surface area contributed by atoms with Gasteiger partial charge in [0.25, 0.3) is 0 Å². The summed E-state index contributed by atoms with van der Waals surface area (Å²) >= 11 is 3.42. The van der Waals surface area contributed by atoms with Crippen molar-refractivity contribution in [3.05, 3.63) is 34.6 Å². The van der Waals surface area contributed by atoms with Gasteiger partial charge in [0.1, 0.15) is 0 Å². The van der Waals surface area contributed by atoms with Crippen molar-refractivity contribution >= 4 is 15.9 Å². The minimum absolute atomic E-state index is 0.618. The van der Waals surface area contributed by atoms with Gasteiger partial charge in [0, 0.05) is 16.5 Å².